The molecule has 1 amide bonds. The lowest BCUT2D eigenvalue weighted by atomic mass is 9.99. The highest BCUT2D eigenvalue weighted by Gasteiger charge is 2.44. The van der Waals surface area contributed by atoms with Crippen LogP contribution in [0.25, 0.3) is 0 Å². The van der Waals surface area contributed by atoms with Crippen LogP contribution in [0.1, 0.15) is 309 Å². The molecule has 0 aromatic carbocycles. The number of hydrogen-bond acceptors (Lipinski definition) is 9. The number of nitrogens with one attached hydrogen (secondary N) is 1. The van der Waals surface area contributed by atoms with E-state index < -0.39 is 61.5 Å². The zero-order valence-electron chi connectivity index (χ0n) is 46.6. The molecule has 0 aromatic rings. The number of rotatable bonds is 54. The van der Waals surface area contributed by atoms with Gasteiger partial charge in [-0.05, 0) is 19.3 Å². The van der Waals surface area contributed by atoms with Crippen molar-refractivity contribution in [1.82, 2.24) is 5.32 Å². The van der Waals surface area contributed by atoms with Crippen molar-refractivity contribution in [2.24, 2.45) is 0 Å². The second-order valence-electron chi connectivity index (χ2n) is 22.0. The second kappa shape index (κ2) is 51.0. The molecule has 0 radical (unpaired) electrons. The SMILES string of the molecule is CCCCCCCCCCCCCC/C=C/C(O)C(COC1OC(CO)C(O)C(O)C1O)NC(=O)C(O)CCCCCCCCCCCCCCCCCCCCCCCCCCCCCCCCCC. The van der Waals surface area contributed by atoms with Gasteiger partial charge in [0.1, 0.15) is 30.5 Å². The largest absolute Gasteiger partial charge is 0.394 e. The number of aliphatic hydroxyl groups excluding tert-OH is 6. The van der Waals surface area contributed by atoms with Crippen molar-refractivity contribution in [3.05, 3.63) is 12.2 Å². The maximum atomic E-state index is 13.1. The summed E-state index contributed by atoms with van der Waals surface area (Å²) < 4.78 is 11.2. The monoisotopic (exact) mass is 1010 g/mol. The molecular formula is C61H119NO9. The average molecular weight is 1010 g/mol. The molecule has 1 aliphatic heterocycles. The molecule has 0 aromatic heterocycles. The predicted octanol–water partition coefficient (Wildman–Crippen LogP) is 14.6. The lowest BCUT2D eigenvalue weighted by Gasteiger charge is -2.40. The van der Waals surface area contributed by atoms with Crippen molar-refractivity contribution in [2.45, 2.75) is 358 Å². The summed E-state index contributed by atoms with van der Waals surface area (Å²) in [6.45, 7) is 3.65. The molecule has 1 aliphatic rings. The van der Waals surface area contributed by atoms with Crippen LogP contribution in [0.2, 0.25) is 0 Å². The number of aliphatic hydroxyl groups is 6. The molecule has 10 nitrogen and oxygen atoms in total. The van der Waals surface area contributed by atoms with Gasteiger partial charge in [-0.3, -0.25) is 4.79 Å². The molecule has 0 aliphatic carbocycles. The van der Waals surface area contributed by atoms with Gasteiger partial charge in [0, 0.05) is 0 Å². The van der Waals surface area contributed by atoms with E-state index in [-0.39, 0.29) is 6.61 Å². The first-order chi connectivity index (χ1) is 34.8. The minimum absolute atomic E-state index is 0.301. The maximum Gasteiger partial charge on any atom is 0.249 e. The van der Waals surface area contributed by atoms with Crippen molar-refractivity contribution in [3.63, 3.8) is 0 Å². The first-order valence-corrected chi connectivity index (χ1v) is 31.0. The molecule has 0 bridgehead atoms. The van der Waals surface area contributed by atoms with Gasteiger partial charge in [0.2, 0.25) is 5.91 Å². The van der Waals surface area contributed by atoms with Crippen LogP contribution in [0.5, 0.6) is 0 Å². The molecule has 1 fully saturated rings. The van der Waals surface area contributed by atoms with Gasteiger partial charge in [0.25, 0.3) is 0 Å². The molecule has 1 rings (SSSR count). The second-order valence-corrected chi connectivity index (χ2v) is 22.0. The lowest BCUT2D eigenvalue weighted by molar-refractivity contribution is -0.302. The lowest BCUT2D eigenvalue weighted by Crippen LogP contribution is -2.60. The molecule has 71 heavy (non-hydrogen) atoms. The Morgan fingerprint density at radius 3 is 1.14 bits per heavy atom. The van der Waals surface area contributed by atoms with Gasteiger partial charge < -0.3 is 45.4 Å². The first-order valence-electron chi connectivity index (χ1n) is 31.0. The molecule has 10 heteroatoms. The Labute approximate surface area is 438 Å². The van der Waals surface area contributed by atoms with Crippen molar-refractivity contribution in [2.75, 3.05) is 13.2 Å². The van der Waals surface area contributed by atoms with Gasteiger partial charge in [0.05, 0.1) is 25.4 Å². The highest BCUT2D eigenvalue weighted by atomic mass is 16.7. The zero-order chi connectivity index (χ0) is 51.7. The van der Waals surface area contributed by atoms with Gasteiger partial charge >= 0.3 is 0 Å². The Bertz CT molecular complexity index is 1140. The first kappa shape index (κ1) is 67.9. The van der Waals surface area contributed by atoms with Crippen molar-refractivity contribution >= 4 is 5.91 Å². The van der Waals surface area contributed by atoms with Gasteiger partial charge in [-0.25, -0.2) is 0 Å². The van der Waals surface area contributed by atoms with Gasteiger partial charge in [0.15, 0.2) is 6.29 Å². The summed E-state index contributed by atoms with van der Waals surface area (Å²) in [7, 11) is 0. The Kier molecular flexibility index (Phi) is 48.8. The van der Waals surface area contributed by atoms with Crippen LogP contribution in [-0.2, 0) is 14.3 Å². The third-order valence-electron chi connectivity index (χ3n) is 15.2. The van der Waals surface area contributed by atoms with Gasteiger partial charge in [-0.2, -0.15) is 0 Å². The number of allylic oxidation sites excluding steroid dienone is 1. The van der Waals surface area contributed by atoms with E-state index in [4.69, 9.17) is 9.47 Å². The summed E-state index contributed by atoms with van der Waals surface area (Å²) in [6, 6.07) is -0.976. The summed E-state index contributed by atoms with van der Waals surface area (Å²) in [5, 5.41) is 65.0. The van der Waals surface area contributed by atoms with E-state index in [2.05, 4.69) is 19.2 Å². The van der Waals surface area contributed by atoms with Crippen molar-refractivity contribution in [1.29, 1.82) is 0 Å². The zero-order valence-corrected chi connectivity index (χ0v) is 46.6. The van der Waals surface area contributed by atoms with Crippen LogP contribution in [-0.4, -0.2) is 98.7 Å². The normalized spacial score (nSPS) is 19.7. The fraction of sp³-hybridized carbons (Fsp3) is 0.951. The van der Waals surface area contributed by atoms with Crippen LogP contribution >= 0.6 is 0 Å². The quantitative estimate of drug-likeness (QED) is 0.0232. The van der Waals surface area contributed by atoms with E-state index in [9.17, 15) is 35.4 Å². The van der Waals surface area contributed by atoms with Crippen LogP contribution in [0.3, 0.4) is 0 Å². The topological polar surface area (TPSA) is 169 Å². The Morgan fingerprint density at radius 1 is 0.479 bits per heavy atom. The van der Waals surface area contributed by atoms with E-state index in [1.165, 1.54) is 244 Å². The van der Waals surface area contributed by atoms with Crippen LogP contribution in [0.15, 0.2) is 12.2 Å². The standard InChI is InChI=1S/C61H119NO9/c1-3-5-7-9-11-13-15-17-19-20-21-22-23-24-25-26-27-28-29-30-31-32-33-34-35-36-38-40-42-44-46-48-50-55(65)60(69)62-53(52-70-61-59(68)58(67)57(66)56(51-63)71-61)54(64)49-47-45-43-41-39-37-18-16-14-12-10-8-6-4-2/h47,49,53-59,61,63-68H,3-46,48,50-52H2,1-2H3,(H,62,69)/b49-47+. The molecule has 8 atom stereocenters. The van der Waals surface area contributed by atoms with E-state index in [0.29, 0.717) is 6.42 Å². The highest BCUT2D eigenvalue weighted by molar-refractivity contribution is 5.80. The van der Waals surface area contributed by atoms with Gasteiger partial charge in [-0.1, -0.05) is 302 Å². The molecule has 8 unspecified atom stereocenters. The average Bonchev–Trinajstić information content (AvgIpc) is 3.37. The molecular weight excluding hydrogens is 891 g/mol. The molecule has 7 N–H and O–H groups in total. The third kappa shape index (κ3) is 39.9. The summed E-state index contributed by atoms with van der Waals surface area (Å²) in [5.74, 6) is -0.610. The van der Waals surface area contributed by atoms with E-state index in [1.807, 2.05) is 6.08 Å². The predicted molar refractivity (Wildman–Crippen MR) is 297 cm³/mol. The number of amides is 1. The van der Waals surface area contributed by atoms with Crippen LogP contribution in [0.4, 0.5) is 0 Å². The molecule has 0 saturated carbocycles. The van der Waals surface area contributed by atoms with Crippen molar-refractivity contribution in [3.8, 4) is 0 Å². The van der Waals surface area contributed by atoms with E-state index in [0.717, 1.165) is 44.9 Å². The third-order valence-corrected chi connectivity index (χ3v) is 15.2. The number of unbranched alkanes of at least 4 members (excludes halogenated alkanes) is 43. The van der Waals surface area contributed by atoms with E-state index in [1.54, 1.807) is 6.08 Å². The minimum atomic E-state index is -1.61. The van der Waals surface area contributed by atoms with Gasteiger partial charge in [-0.15, -0.1) is 0 Å². The number of hydrogen-bond donors (Lipinski definition) is 7. The summed E-state index contributed by atoms with van der Waals surface area (Å²) in [5.41, 5.74) is 0. The molecule has 1 heterocycles. The molecule has 1 saturated heterocycles. The van der Waals surface area contributed by atoms with Crippen LogP contribution < -0.4 is 5.32 Å². The van der Waals surface area contributed by atoms with Crippen molar-refractivity contribution < 1.29 is 44.9 Å². The summed E-state index contributed by atoms with van der Waals surface area (Å²) in [6.07, 6.45) is 53.4. The number of carbonyl (C=O) groups excluding carboxylic acids is 1. The number of ether oxygens (including phenoxy) is 2. The molecule has 422 valence electrons. The number of carbonyl (C=O) groups is 1. The molecule has 0 spiro atoms. The van der Waals surface area contributed by atoms with Crippen LogP contribution in [0, 0.1) is 0 Å². The summed E-state index contributed by atoms with van der Waals surface area (Å²) >= 11 is 0. The minimum Gasteiger partial charge on any atom is -0.394 e. The Morgan fingerprint density at radius 2 is 0.803 bits per heavy atom. The highest BCUT2D eigenvalue weighted by Crippen LogP contribution is 2.23. The fourth-order valence-electron chi connectivity index (χ4n) is 10.2. The fourth-order valence-corrected chi connectivity index (χ4v) is 10.2. The Hall–Kier alpha value is -1.11. The maximum absolute atomic E-state index is 13.1. The Balaban J connectivity index is 2.13. The smallest absolute Gasteiger partial charge is 0.249 e. The summed E-state index contributed by atoms with van der Waals surface area (Å²) in [4.78, 5) is 13.1. The van der Waals surface area contributed by atoms with E-state index >= 15 is 0 Å².